The molecule has 168 valence electrons. The molecule has 0 aliphatic carbocycles. The predicted octanol–water partition coefficient (Wildman–Crippen LogP) is 5.73. The quantitative estimate of drug-likeness (QED) is 0.545. The van der Waals surface area contributed by atoms with Gasteiger partial charge in [-0.1, -0.05) is 18.2 Å². The topological polar surface area (TPSA) is 46.5 Å². The van der Waals surface area contributed by atoms with Gasteiger partial charge in [0.05, 0.1) is 24.0 Å². The molecule has 1 amide bonds. The molecule has 1 fully saturated rings. The van der Waals surface area contributed by atoms with Gasteiger partial charge in [0.1, 0.15) is 5.75 Å². The van der Waals surface area contributed by atoms with Gasteiger partial charge in [-0.25, -0.2) is 0 Å². The number of thioether (sulfide) groups is 1. The molecule has 1 aromatic heterocycles. The maximum Gasteiger partial charge on any atom is 0.253 e. The Labute approximate surface area is 198 Å². The van der Waals surface area contributed by atoms with Crippen LogP contribution in [0.15, 0.2) is 72.3 Å². The summed E-state index contributed by atoms with van der Waals surface area (Å²) in [6.45, 7) is 1.45. The van der Waals surface area contributed by atoms with E-state index in [1.54, 1.807) is 7.11 Å². The summed E-state index contributed by atoms with van der Waals surface area (Å²) in [5.41, 5.74) is 5.36. The van der Waals surface area contributed by atoms with E-state index in [1.807, 2.05) is 34.9 Å². The maximum atomic E-state index is 13.2. The molecule has 2 aromatic carbocycles. The number of ether oxygens (including phenoxy) is 1. The largest absolute Gasteiger partial charge is 0.497 e. The number of carbonyl (C=O) groups is 1. The van der Waals surface area contributed by atoms with Crippen LogP contribution in [0, 0.1) is 0 Å². The van der Waals surface area contributed by atoms with E-state index in [0.29, 0.717) is 5.25 Å². The van der Waals surface area contributed by atoms with Gasteiger partial charge in [0.2, 0.25) is 0 Å². The fourth-order valence-electron chi connectivity index (χ4n) is 5.35. The van der Waals surface area contributed by atoms with Crippen molar-refractivity contribution in [3.63, 3.8) is 0 Å². The first-order valence-corrected chi connectivity index (χ1v) is 12.5. The summed E-state index contributed by atoms with van der Waals surface area (Å²) < 4.78 is 7.73. The van der Waals surface area contributed by atoms with Crippen molar-refractivity contribution in [1.29, 1.82) is 0 Å². The van der Waals surface area contributed by atoms with Crippen LogP contribution in [0.4, 0.5) is 5.69 Å². The Balaban J connectivity index is 1.20. The molecule has 3 aliphatic heterocycles. The van der Waals surface area contributed by atoms with Gasteiger partial charge in [-0.3, -0.25) is 4.79 Å². The molecule has 3 aliphatic rings. The highest BCUT2D eigenvalue weighted by atomic mass is 32.2. The van der Waals surface area contributed by atoms with Gasteiger partial charge < -0.3 is 19.5 Å². The zero-order chi connectivity index (χ0) is 22.4. The maximum absolute atomic E-state index is 13.2. The average Bonchev–Trinajstić information content (AvgIpc) is 3.57. The van der Waals surface area contributed by atoms with Crippen molar-refractivity contribution in [2.75, 3.05) is 25.5 Å². The highest BCUT2D eigenvalue weighted by molar-refractivity contribution is 8.02. The van der Waals surface area contributed by atoms with E-state index in [9.17, 15) is 4.79 Å². The second-order valence-corrected chi connectivity index (χ2v) is 10.1. The third-order valence-corrected chi connectivity index (χ3v) is 8.34. The number of piperidine rings is 1. The van der Waals surface area contributed by atoms with Crippen LogP contribution in [0.2, 0.25) is 0 Å². The number of nitrogens with zero attached hydrogens (tertiary/aromatic N) is 2. The number of hydrogen-bond acceptors (Lipinski definition) is 4. The van der Waals surface area contributed by atoms with Crippen molar-refractivity contribution in [2.24, 2.45) is 0 Å². The Morgan fingerprint density at radius 1 is 1.12 bits per heavy atom. The molecular weight excluding hydrogens is 430 g/mol. The number of anilines is 1. The SMILES string of the molecule is COc1ccc2c(c1)NC1(CCN(C(=O)c3ccc(C4CC=CS4)cc3)CC1)c1cccn1-2. The highest BCUT2D eigenvalue weighted by Gasteiger charge is 2.42. The normalized spacial score (nSPS) is 20.3. The first kappa shape index (κ1) is 20.5. The van der Waals surface area contributed by atoms with Crippen molar-refractivity contribution in [2.45, 2.75) is 30.1 Å². The predicted molar refractivity (Wildman–Crippen MR) is 133 cm³/mol. The molecular formula is C27H27N3O2S. The van der Waals surface area contributed by atoms with Gasteiger partial charge in [-0.05, 0) is 66.6 Å². The molecule has 0 bridgehead atoms. The minimum absolute atomic E-state index is 0.127. The summed E-state index contributed by atoms with van der Waals surface area (Å²) in [5.74, 6) is 0.969. The summed E-state index contributed by atoms with van der Waals surface area (Å²) in [4.78, 5) is 15.2. The Morgan fingerprint density at radius 3 is 2.67 bits per heavy atom. The van der Waals surface area contributed by atoms with E-state index in [4.69, 9.17) is 4.74 Å². The molecule has 0 saturated carbocycles. The number of aromatic nitrogens is 1. The Morgan fingerprint density at radius 2 is 1.94 bits per heavy atom. The zero-order valence-electron chi connectivity index (χ0n) is 18.7. The van der Waals surface area contributed by atoms with Crippen LogP contribution in [0.3, 0.4) is 0 Å². The first-order valence-electron chi connectivity index (χ1n) is 11.5. The highest BCUT2D eigenvalue weighted by Crippen LogP contribution is 2.44. The lowest BCUT2D eigenvalue weighted by molar-refractivity contribution is 0.0676. The van der Waals surface area contributed by atoms with Crippen LogP contribution >= 0.6 is 11.8 Å². The van der Waals surface area contributed by atoms with Crippen molar-refractivity contribution in [3.8, 4) is 11.4 Å². The number of methoxy groups -OCH3 is 1. The molecule has 0 radical (unpaired) electrons. The summed E-state index contributed by atoms with van der Waals surface area (Å²) in [6, 6.07) is 18.7. The first-order chi connectivity index (χ1) is 16.2. The summed E-state index contributed by atoms with van der Waals surface area (Å²) in [7, 11) is 1.70. The van der Waals surface area contributed by atoms with E-state index in [-0.39, 0.29) is 11.4 Å². The molecule has 4 heterocycles. The molecule has 3 aromatic rings. The van der Waals surface area contributed by atoms with Crippen LogP contribution < -0.4 is 10.1 Å². The van der Waals surface area contributed by atoms with Crippen LogP contribution in [0.1, 0.15) is 46.1 Å². The fourth-order valence-corrected chi connectivity index (χ4v) is 6.30. The minimum Gasteiger partial charge on any atom is -0.497 e. The van der Waals surface area contributed by atoms with Gasteiger partial charge in [0.15, 0.2) is 0 Å². The summed E-state index contributed by atoms with van der Waals surface area (Å²) in [5, 5.41) is 6.47. The number of amides is 1. The Hall–Kier alpha value is -3.12. The van der Waals surface area contributed by atoms with Gasteiger partial charge in [-0.15, -0.1) is 11.8 Å². The third kappa shape index (κ3) is 3.44. The summed E-state index contributed by atoms with van der Waals surface area (Å²) in [6.07, 6.45) is 7.13. The molecule has 1 unspecified atom stereocenters. The third-order valence-electron chi connectivity index (χ3n) is 7.20. The second kappa shape index (κ2) is 8.03. The zero-order valence-corrected chi connectivity index (χ0v) is 19.5. The Kier molecular flexibility index (Phi) is 4.98. The van der Waals surface area contributed by atoms with Crippen LogP contribution in [0.25, 0.3) is 5.69 Å². The fraction of sp³-hybridized carbons (Fsp3) is 0.296. The van der Waals surface area contributed by atoms with Crippen molar-refractivity contribution >= 4 is 23.4 Å². The van der Waals surface area contributed by atoms with Gasteiger partial charge in [0.25, 0.3) is 5.91 Å². The number of benzene rings is 2. The molecule has 1 N–H and O–H groups in total. The lowest BCUT2D eigenvalue weighted by atomic mass is 9.82. The van der Waals surface area contributed by atoms with Gasteiger partial charge >= 0.3 is 0 Å². The average molecular weight is 458 g/mol. The molecule has 6 rings (SSSR count). The second-order valence-electron chi connectivity index (χ2n) is 9.00. The standard InChI is InChI=1S/C27H27N3O2S/c1-32-21-10-11-23-22(18-21)28-27(25-5-2-14-30(23)25)12-15-29(16-13-27)26(31)20-8-6-19(7-9-20)24-4-3-17-33-24/h2-3,5-11,14,17-18,24,28H,4,12-13,15-16H2,1H3. The Bertz CT molecular complexity index is 1210. The molecule has 1 spiro atoms. The number of carbonyl (C=O) groups excluding carboxylic acids is 1. The number of allylic oxidation sites excluding steroid dienone is 1. The number of fused-ring (bicyclic) bond motifs is 4. The van der Waals surface area contributed by atoms with E-state index in [1.165, 1.54) is 11.3 Å². The smallest absolute Gasteiger partial charge is 0.253 e. The molecule has 1 saturated heterocycles. The van der Waals surface area contributed by atoms with Gasteiger partial charge in [0, 0.05) is 41.9 Å². The van der Waals surface area contributed by atoms with Crippen molar-refractivity contribution in [3.05, 3.63) is 89.1 Å². The molecule has 33 heavy (non-hydrogen) atoms. The van der Waals surface area contributed by atoms with Crippen LogP contribution in [-0.4, -0.2) is 35.6 Å². The molecule has 6 heteroatoms. The van der Waals surface area contributed by atoms with E-state index in [2.05, 4.69) is 64.0 Å². The number of rotatable bonds is 3. The van der Waals surface area contributed by atoms with Crippen molar-refractivity contribution < 1.29 is 9.53 Å². The van der Waals surface area contributed by atoms with Crippen molar-refractivity contribution in [1.82, 2.24) is 9.47 Å². The van der Waals surface area contributed by atoms with E-state index in [0.717, 1.165) is 55.0 Å². The van der Waals surface area contributed by atoms with Gasteiger partial charge in [-0.2, -0.15) is 0 Å². The minimum atomic E-state index is -0.184. The lowest BCUT2D eigenvalue weighted by Crippen LogP contribution is -2.51. The monoisotopic (exact) mass is 457 g/mol. The number of likely N-dealkylation sites (tertiary alicyclic amines) is 1. The van der Waals surface area contributed by atoms with E-state index < -0.39 is 0 Å². The summed E-state index contributed by atoms with van der Waals surface area (Å²) >= 11 is 1.85. The van der Waals surface area contributed by atoms with Crippen LogP contribution in [0.5, 0.6) is 5.75 Å². The number of nitrogens with one attached hydrogen (secondary N) is 1. The molecule has 1 atom stereocenters. The molecule has 5 nitrogen and oxygen atoms in total. The van der Waals surface area contributed by atoms with Crippen LogP contribution in [-0.2, 0) is 5.54 Å². The van der Waals surface area contributed by atoms with E-state index >= 15 is 0 Å². The lowest BCUT2D eigenvalue weighted by Gasteiger charge is -2.46. The number of hydrogen-bond donors (Lipinski definition) is 1.